The second-order valence-electron chi connectivity index (χ2n) is 9.76. The van der Waals surface area contributed by atoms with E-state index >= 15 is 0 Å². The monoisotopic (exact) mass is 555 g/mol. The van der Waals surface area contributed by atoms with Crippen LogP contribution in [0, 0.1) is 13.8 Å². The number of aliphatic hydroxyl groups excluding tert-OH is 1. The van der Waals surface area contributed by atoms with Gasteiger partial charge in [-0.25, -0.2) is 4.79 Å². The van der Waals surface area contributed by atoms with E-state index in [0.717, 1.165) is 19.6 Å². The number of amides is 1. The molecule has 4 rings (SSSR count). The number of nitrogens with zero attached hydrogens (tertiary/aromatic N) is 2. The van der Waals surface area contributed by atoms with Crippen LogP contribution in [0.15, 0.2) is 23.8 Å². The predicted molar refractivity (Wildman–Crippen MR) is 147 cm³/mol. The summed E-state index contributed by atoms with van der Waals surface area (Å²) in [4.78, 5) is 45.9. The van der Waals surface area contributed by atoms with Crippen LogP contribution in [0.1, 0.15) is 52.3 Å². The van der Waals surface area contributed by atoms with E-state index in [1.807, 2.05) is 6.92 Å². The number of rotatable bonds is 10. The number of esters is 1. The summed E-state index contributed by atoms with van der Waals surface area (Å²) in [5.74, 6) is -1.47. The second kappa shape index (κ2) is 12.6. The summed E-state index contributed by atoms with van der Waals surface area (Å²) < 4.78 is 21.5. The molecule has 1 aromatic carbocycles. The van der Waals surface area contributed by atoms with Gasteiger partial charge in [0.2, 0.25) is 0 Å². The number of ether oxygens (including phenoxy) is 4. The average Bonchev–Trinajstić information content (AvgIpc) is 3.40. The van der Waals surface area contributed by atoms with Crippen LogP contribution in [0.5, 0.6) is 11.5 Å². The molecule has 2 saturated heterocycles. The minimum atomic E-state index is -0.871. The SMILES string of the molecule is CCOc1ccc(C2/C(=C(\O)c3c(C)[nH]c(C(=O)OC)c3C)C(=O)C(=O)N2CCCN2CCOCC2)cc1OC. The normalized spacial score (nSPS) is 19.2. The van der Waals surface area contributed by atoms with Crippen molar-refractivity contribution in [3.05, 3.63) is 51.9 Å². The quantitative estimate of drug-likeness (QED) is 0.197. The molecule has 0 aliphatic carbocycles. The van der Waals surface area contributed by atoms with E-state index in [0.29, 0.717) is 61.1 Å². The molecule has 0 spiro atoms. The first-order valence-electron chi connectivity index (χ1n) is 13.4. The van der Waals surface area contributed by atoms with Crippen LogP contribution in [0.2, 0.25) is 0 Å². The molecule has 1 unspecified atom stereocenters. The number of aliphatic hydroxyl groups is 1. The van der Waals surface area contributed by atoms with Gasteiger partial charge in [-0.3, -0.25) is 14.5 Å². The number of hydrogen-bond acceptors (Lipinski definition) is 9. The van der Waals surface area contributed by atoms with Crippen LogP contribution in [-0.2, 0) is 19.1 Å². The second-order valence-corrected chi connectivity index (χ2v) is 9.76. The Labute approximate surface area is 233 Å². The molecular formula is C29H37N3O8. The summed E-state index contributed by atoms with van der Waals surface area (Å²) in [6, 6.07) is 4.35. The van der Waals surface area contributed by atoms with Gasteiger partial charge in [0.15, 0.2) is 11.5 Å². The molecule has 2 aliphatic rings. The fourth-order valence-corrected chi connectivity index (χ4v) is 5.42. The fraction of sp³-hybridized carbons (Fsp3) is 0.483. The topological polar surface area (TPSA) is 131 Å². The van der Waals surface area contributed by atoms with Crippen molar-refractivity contribution in [2.45, 2.75) is 33.2 Å². The Morgan fingerprint density at radius 2 is 1.85 bits per heavy atom. The molecule has 40 heavy (non-hydrogen) atoms. The van der Waals surface area contributed by atoms with Crippen LogP contribution in [-0.4, -0.2) is 97.8 Å². The molecule has 216 valence electrons. The molecule has 1 amide bonds. The number of ketones is 1. The minimum absolute atomic E-state index is 0.0517. The zero-order valence-electron chi connectivity index (χ0n) is 23.7. The lowest BCUT2D eigenvalue weighted by atomic mass is 9.93. The summed E-state index contributed by atoms with van der Waals surface area (Å²) in [6.07, 6.45) is 0.631. The number of morpholine rings is 1. The third kappa shape index (κ3) is 5.57. The van der Waals surface area contributed by atoms with E-state index in [1.165, 1.54) is 19.1 Å². The summed E-state index contributed by atoms with van der Waals surface area (Å²) in [7, 11) is 2.78. The first-order valence-corrected chi connectivity index (χ1v) is 13.4. The number of benzene rings is 1. The Balaban J connectivity index is 1.79. The highest BCUT2D eigenvalue weighted by molar-refractivity contribution is 6.46. The molecule has 2 aliphatic heterocycles. The summed E-state index contributed by atoms with van der Waals surface area (Å²) in [5, 5.41) is 11.6. The van der Waals surface area contributed by atoms with Gasteiger partial charge in [0, 0.05) is 37.4 Å². The molecule has 2 aromatic rings. The van der Waals surface area contributed by atoms with Crippen molar-refractivity contribution in [2.75, 3.05) is 60.2 Å². The smallest absolute Gasteiger partial charge is 0.354 e. The van der Waals surface area contributed by atoms with Crippen molar-refractivity contribution in [3.8, 4) is 11.5 Å². The fourth-order valence-electron chi connectivity index (χ4n) is 5.42. The van der Waals surface area contributed by atoms with Gasteiger partial charge in [-0.2, -0.15) is 0 Å². The maximum absolute atomic E-state index is 13.5. The van der Waals surface area contributed by atoms with Crippen molar-refractivity contribution >= 4 is 23.4 Å². The van der Waals surface area contributed by atoms with Crippen LogP contribution >= 0.6 is 0 Å². The third-order valence-electron chi connectivity index (χ3n) is 7.38. The van der Waals surface area contributed by atoms with E-state index in [1.54, 1.807) is 32.0 Å². The number of nitrogens with one attached hydrogen (secondary N) is 1. The lowest BCUT2D eigenvalue weighted by Crippen LogP contribution is -2.39. The van der Waals surface area contributed by atoms with Gasteiger partial charge in [0.25, 0.3) is 11.7 Å². The van der Waals surface area contributed by atoms with Gasteiger partial charge >= 0.3 is 5.97 Å². The molecule has 3 heterocycles. The Morgan fingerprint density at radius 1 is 1.12 bits per heavy atom. The molecule has 2 N–H and O–H groups in total. The van der Waals surface area contributed by atoms with Crippen LogP contribution in [0.25, 0.3) is 5.76 Å². The van der Waals surface area contributed by atoms with E-state index < -0.39 is 23.7 Å². The maximum Gasteiger partial charge on any atom is 0.354 e. The van der Waals surface area contributed by atoms with E-state index in [-0.39, 0.29) is 22.6 Å². The first-order chi connectivity index (χ1) is 19.2. The van der Waals surface area contributed by atoms with Crippen molar-refractivity contribution < 1.29 is 38.4 Å². The molecule has 2 fully saturated rings. The number of likely N-dealkylation sites (tertiary alicyclic amines) is 1. The van der Waals surface area contributed by atoms with Crippen molar-refractivity contribution in [1.29, 1.82) is 0 Å². The van der Waals surface area contributed by atoms with Crippen LogP contribution in [0.3, 0.4) is 0 Å². The summed E-state index contributed by atoms with van der Waals surface area (Å²) >= 11 is 0. The number of aromatic nitrogens is 1. The van der Waals surface area contributed by atoms with Crippen LogP contribution < -0.4 is 9.47 Å². The van der Waals surface area contributed by atoms with Gasteiger partial charge in [-0.1, -0.05) is 6.07 Å². The Morgan fingerprint density at radius 3 is 2.50 bits per heavy atom. The highest BCUT2D eigenvalue weighted by Crippen LogP contribution is 2.43. The van der Waals surface area contributed by atoms with Gasteiger partial charge in [0.1, 0.15) is 11.5 Å². The Hall–Kier alpha value is -3.83. The standard InChI is InChI=1S/C29H37N3O8/c1-6-40-20-9-8-19(16-21(20)37-4)25-23(26(33)22-17(2)24(29(36)38-5)30-18(22)3)27(34)28(35)32(25)11-7-10-31-12-14-39-15-13-31/h8-9,16,25,30,33H,6-7,10-15H2,1-5H3/b26-23+. The summed E-state index contributed by atoms with van der Waals surface area (Å²) in [5.41, 5.74) is 1.88. The van der Waals surface area contributed by atoms with Gasteiger partial charge in [-0.15, -0.1) is 0 Å². The minimum Gasteiger partial charge on any atom is -0.507 e. The zero-order valence-corrected chi connectivity index (χ0v) is 23.7. The number of aryl methyl sites for hydroxylation is 1. The molecule has 0 saturated carbocycles. The summed E-state index contributed by atoms with van der Waals surface area (Å²) in [6.45, 7) is 9.63. The third-order valence-corrected chi connectivity index (χ3v) is 7.38. The Bertz CT molecular complexity index is 1310. The predicted octanol–water partition coefficient (Wildman–Crippen LogP) is 2.97. The number of Topliss-reactive ketones (excluding diaryl/α,β-unsaturated/α-hetero) is 1. The van der Waals surface area contributed by atoms with E-state index in [4.69, 9.17) is 18.9 Å². The molecule has 1 atom stereocenters. The highest BCUT2D eigenvalue weighted by atomic mass is 16.5. The van der Waals surface area contributed by atoms with Gasteiger partial charge in [-0.05, 0) is 50.5 Å². The first kappa shape index (κ1) is 29.2. The highest BCUT2D eigenvalue weighted by Gasteiger charge is 2.46. The molecule has 1 aromatic heterocycles. The molecule has 11 nitrogen and oxygen atoms in total. The number of methoxy groups -OCH3 is 2. The lowest BCUT2D eigenvalue weighted by Gasteiger charge is -2.29. The van der Waals surface area contributed by atoms with Crippen molar-refractivity contribution in [3.63, 3.8) is 0 Å². The van der Waals surface area contributed by atoms with Crippen molar-refractivity contribution in [1.82, 2.24) is 14.8 Å². The van der Waals surface area contributed by atoms with E-state index in [9.17, 15) is 19.5 Å². The average molecular weight is 556 g/mol. The largest absolute Gasteiger partial charge is 0.507 e. The van der Waals surface area contributed by atoms with Crippen LogP contribution in [0.4, 0.5) is 0 Å². The maximum atomic E-state index is 13.5. The zero-order chi connectivity index (χ0) is 29.0. The number of aromatic amines is 1. The molecule has 0 radical (unpaired) electrons. The number of carbonyl (C=O) groups is 3. The molecule has 0 bridgehead atoms. The molecular weight excluding hydrogens is 518 g/mol. The molecule has 11 heteroatoms. The van der Waals surface area contributed by atoms with Gasteiger partial charge < -0.3 is 33.9 Å². The number of carbonyl (C=O) groups excluding carboxylic acids is 3. The van der Waals surface area contributed by atoms with Gasteiger partial charge in [0.05, 0.1) is 45.7 Å². The Kier molecular flexibility index (Phi) is 9.16. The number of hydrogen-bond donors (Lipinski definition) is 2. The number of H-pyrrole nitrogens is 1. The lowest BCUT2D eigenvalue weighted by molar-refractivity contribution is -0.140. The van der Waals surface area contributed by atoms with E-state index in [2.05, 4.69) is 9.88 Å². The van der Waals surface area contributed by atoms with Crippen molar-refractivity contribution in [2.24, 2.45) is 0 Å².